The van der Waals surface area contributed by atoms with Crippen molar-refractivity contribution in [3.05, 3.63) is 29.8 Å². The number of thiazole rings is 1. The lowest BCUT2D eigenvalue weighted by molar-refractivity contribution is -0.148. The maximum absolute atomic E-state index is 11.9. The van der Waals surface area contributed by atoms with E-state index >= 15 is 0 Å². The average Bonchev–Trinajstić information content (AvgIpc) is 2.89. The third-order valence-electron chi connectivity index (χ3n) is 2.74. The Kier molecular flexibility index (Phi) is 4.29. The molecule has 0 amide bonds. The Morgan fingerprint density at radius 1 is 1.40 bits per heavy atom. The molecule has 106 valence electrons. The molecule has 0 saturated heterocycles. The van der Waals surface area contributed by atoms with Crippen molar-refractivity contribution >= 4 is 28.1 Å². The maximum atomic E-state index is 11.9. The first-order valence-electron chi connectivity index (χ1n) is 6.19. The summed E-state index contributed by atoms with van der Waals surface area (Å²) in [5, 5.41) is 5.64. The molecule has 2 rings (SSSR count). The van der Waals surface area contributed by atoms with Crippen LogP contribution in [0, 0.1) is 0 Å². The molecule has 0 aliphatic heterocycles. The quantitative estimate of drug-likeness (QED) is 0.853. The zero-order chi connectivity index (χ0) is 14.6. The molecule has 0 atom stereocenters. The third kappa shape index (κ3) is 3.11. The smallest absolute Gasteiger partial charge is 0.317 e. The summed E-state index contributed by atoms with van der Waals surface area (Å²) < 4.78 is 5.07. The van der Waals surface area contributed by atoms with E-state index in [1.807, 2.05) is 5.38 Å². The van der Waals surface area contributed by atoms with Gasteiger partial charge in [-0.1, -0.05) is 0 Å². The summed E-state index contributed by atoms with van der Waals surface area (Å²) in [5.74, 6) is -0.278. The number of nitrogens with one attached hydrogen (secondary N) is 1. The summed E-state index contributed by atoms with van der Waals surface area (Å²) in [6.07, 6.45) is 4.78. The molecule has 0 unspecified atom stereocenters. The van der Waals surface area contributed by atoms with Gasteiger partial charge in [-0.3, -0.25) is 4.79 Å². The molecule has 20 heavy (non-hydrogen) atoms. The highest BCUT2D eigenvalue weighted by molar-refractivity contribution is 7.13. The molecule has 0 radical (unpaired) electrons. The average molecular weight is 292 g/mol. The van der Waals surface area contributed by atoms with Crippen molar-refractivity contribution in [1.82, 2.24) is 15.0 Å². The molecule has 7 heteroatoms. The fraction of sp³-hybridized carbons (Fsp3) is 0.385. The molecule has 0 aliphatic rings. The summed E-state index contributed by atoms with van der Waals surface area (Å²) in [7, 11) is 0. The zero-order valence-electron chi connectivity index (χ0n) is 11.6. The molecule has 2 aromatic heterocycles. The van der Waals surface area contributed by atoms with Gasteiger partial charge in [0, 0.05) is 5.38 Å². The molecule has 0 aliphatic carbocycles. The minimum Gasteiger partial charge on any atom is -0.465 e. The van der Waals surface area contributed by atoms with Gasteiger partial charge in [-0.05, 0) is 20.8 Å². The second-order valence-electron chi connectivity index (χ2n) is 4.64. The van der Waals surface area contributed by atoms with Crippen LogP contribution >= 0.6 is 11.3 Å². The molecular formula is C13H16N4O2S. The van der Waals surface area contributed by atoms with Crippen molar-refractivity contribution in [2.24, 2.45) is 0 Å². The number of esters is 1. The van der Waals surface area contributed by atoms with Crippen LogP contribution in [0.2, 0.25) is 0 Å². The van der Waals surface area contributed by atoms with E-state index in [4.69, 9.17) is 4.74 Å². The summed E-state index contributed by atoms with van der Waals surface area (Å²) in [6.45, 7) is 5.75. The second kappa shape index (κ2) is 5.96. The largest absolute Gasteiger partial charge is 0.465 e. The van der Waals surface area contributed by atoms with Gasteiger partial charge in [-0.15, -0.1) is 11.3 Å². The van der Waals surface area contributed by atoms with Crippen LogP contribution in [0.25, 0.3) is 0 Å². The predicted octanol–water partition coefficient (Wildman–Crippen LogP) is 2.52. The van der Waals surface area contributed by atoms with Gasteiger partial charge in [0.25, 0.3) is 0 Å². The molecule has 2 aromatic rings. The molecule has 1 N–H and O–H groups in total. The number of rotatable bonds is 5. The predicted molar refractivity (Wildman–Crippen MR) is 77.1 cm³/mol. The number of anilines is 2. The Labute approximate surface area is 121 Å². The van der Waals surface area contributed by atoms with Crippen LogP contribution in [-0.2, 0) is 14.9 Å². The molecule has 2 heterocycles. The van der Waals surface area contributed by atoms with E-state index in [1.165, 1.54) is 17.7 Å². The fourth-order valence-corrected chi connectivity index (χ4v) is 2.42. The normalized spacial score (nSPS) is 11.2. The van der Waals surface area contributed by atoms with Crippen LogP contribution in [-0.4, -0.2) is 27.5 Å². The molecule has 0 bridgehead atoms. The number of carbonyl (C=O) groups excluding carboxylic acids is 1. The number of nitrogens with zero attached hydrogens (tertiary/aromatic N) is 3. The van der Waals surface area contributed by atoms with E-state index in [9.17, 15) is 4.79 Å². The minimum atomic E-state index is -0.764. The van der Waals surface area contributed by atoms with Crippen molar-refractivity contribution < 1.29 is 9.53 Å². The first kappa shape index (κ1) is 14.4. The van der Waals surface area contributed by atoms with Gasteiger partial charge in [0.1, 0.15) is 11.7 Å². The molecule has 0 aromatic carbocycles. The number of aromatic nitrogens is 3. The van der Waals surface area contributed by atoms with E-state index in [1.54, 1.807) is 33.2 Å². The summed E-state index contributed by atoms with van der Waals surface area (Å²) in [4.78, 5) is 24.2. The highest BCUT2D eigenvalue weighted by Gasteiger charge is 2.33. The van der Waals surface area contributed by atoms with E-state index in [-0.39, 0.29) is 5.97 Å². The van der Waals surface area contributed by atoms with Gasteiger partial charge < -0.3 is 10.1 Å². The van der Waals surface area contributed by atoms with Crippen LogP contribution in [0.1, 0.15) is 26.5 Å². The van der Waals surface area contributed by atoms with Gasteiger partial charge in [-0.2, -0.15) is 0 Å². The van der Waals surface area contributed by atoms with Gasteiger partial charge in [0.15, 0.2) is 5.13 Å². The van der Waals surface area contributed by atoms with Gasteiger partial charge >= 0.3 is 5.97 Å². The fourth-order valence-electron chi connectivity index (χ4n) is 1.52. The highest BCUT2D eigenvalue weighted by atomic mass is 32.1. The maximum Gasteiger partial charge on any atom is 0.317 e. The Morgan fingerprint density at radius 2 is 2.10 bits per heavy atom. The minimum absolute atomic E-state index is 0.278. The van der Waals surface area contributed by atoms with Crippen LogP contribution in [0.4, 0.5) is 10.8 Å². The number of hydrogen-bond acceptors (Lipinski definition) is 7. The number of hydrogen-bond donors (Lipinski definition) is 1. The SMILES string of the molecule is CCOC(=O)C(C)(C)c1csc(Nc2cncnc2)n1. The molecule has 0 fully saturated rings. The van der Waals surface area contributed by atoms with Crippen LogP contribution in [0.15, 0.2) is 24.1 Å². The Balaban J connectivity index is 2.14. The van der Waals surface area contributed by atoms with Crippen molar-refractivity contribution in [3.63, 3.8) is 0 Å². The van der Waals surface area contributed by atoms with Crippen molar-refractivity contribution in [1.29, 1.82) is 0 Å². The lowest BCUT2D eigenvalue weighted by atomic mass is 9.90. The number of ether oxygens (including phenoxy) is 1. The summed E-state index contributed by atoms with van der Waals surface area (Å²) >= 11 is 1.42. The lowest BCUT2D eigenvalue weighted by Crippen LogP contribution is -2.31. The van der Waals surface area contributed by atoms with Gasteiger partial charge in [-0.25, -0.2) is 15.0 Å². The summed E-state index contributed by atoms with van der Waals surface area (Å²) in [6, 6.07) is 0. The van der Waals surface area contributed by atoms with E-state index < -0.39 is 5.41 Å². The number of carbonyl (C=O) groups is 1. The monoisotopic (exact) mass is 292 g/mol. The third-order valence-corrected chi connectivity index (χ3v) is 3.50. The topological polar surface area (TPSA) is 77.0 Å². The van der Waals surface area contributed by atoms with Crippen molar-refractivity contribution in [2.45, 2.75) is 26.2 Å². The van der Waals surface area contributed by atoms with E-state index in [0.717, 1.165) is 5.69 Å². The molecule has 6 nitrogen and oxygen atoms in total. The first-order chi connectivity index (χ1) is 9.54. The Hall–Kier alpha value is -2.02. The standard InChI is InChI=1S/C13H16N4O2S/c1-4-19-11(18)13(2,3)10-7-20-12(17-10)16-9-5-14-8-15-6-9/h5-8H,4H2,1-3H3,(H,16,17). The second-order valence-corrected chi connectivity index (χ2v) is 5.49. The Morgan fingerprint density at radius 3 is 2.75 bits per heavy atom. The molecular weight excluding hydrogens is 276 g/mol. The van der Waals surface area contributed by atoms with Crippen molar-refractivity contribution in [3.8, 4) is 0 Å². The molecule has 0 saturated carbocycles. The highest BCUT2D eigenvalue weighted by Crippen LogP contribution is 2.29. The summed E-state index contributed by atoms with van der Waals surface area (Å²) in [5.41, 5.74) is 0.669. The first-order valence-corrected chi connectivity index (χ1v) is 7.07. The Bertz CT molecular complexity index is 583. The van der Waals surface area contributed by atoms with Crippen LogP contribution in [0.5, 0.6) is 0 Å². The van der Waals surface area contributed by atoms with Gasteiger partial charge in [0.2, 0.25) is 0 Å². The van der Waals surface area contributed by atoms with Crippen LogP contribution in [0.3, 0.4) is 0 Å². The van der Waals surface area contributed by atoms with E-state index in [0.29, 0.717) is 17.4 Å². The van der Waals surface area contributed by atoms with Gasteiger partial charge in [0.05, 0.1) is 30.4 Å². The lowest BCUT2D eigenvalue weighted by Gasteiger charge is -2.19. The van der Waals surface area contributed by atoms with Crippen LogP contribution < -0.4 is 5.32 Å². The zero-order valence-corrected chi connectivity index (χ0v) is 12.4. The van der Waals surface area contributed by atoms with Crippen molar-refractivity contribution in [2.75, 3.05) is 11.9 Å². The molecule has 0 spiro atoms. The van der Waals surface area contributed by atoms with E-state index in [2.05, 4.69) is 20.3 Å².